The molecule has 0 aromatic carbocycles. The van der Waals surface area contributed by atoms with Gasteiger partial charge >= 0.3 is 12.1 Å². The SMILES string of the molecule is CCS(=O)(=O)N1Cc2ncn(C)c2C(COCC2CCOCC2)C1.O=C(O)C(F)(F)F. The highest BCUT2D eigenvalue weighted by Crippen LogP contribution is 2.29. The second-order valence-corrected chi connectivity index (χ2v) is 9.73. The molecule has 0 saturated carbocycles. The molecule has 0 amide bonds. The lowest BCUT2D eigenvalue weighted by atomic mass is 10.00. The molecule has 1 saturated heterocycles. The monoisotopic (exact) mass is 471 g/mol. The second kappa shape index (κ2) is 10.7. The number of aliphatic carboxylic acids is 1. The smallest absolute Gasteiger partial charge is 0.475 e. The molecule has 2 aliphatic rings. The minimum Gasteiger partial charge on any atom is -0.475 e. The summed E-state index contributed by atoms with van der Waals surface area (Å²) in [6.45, 7) is 5.38. The molecule has 0 spiro atoms. The molecule has 9 nitrogen and oxygen atoms in total. The summed E-state index contributed by atoms with van der Waals surface area (Å²) < 4.78 is 71.2. The van der Waals surface area contributed by atoms with Crippen molar-refractivity contribution >= 4 is 16.0 Å². The van der Waals surface area contributed by atoms with E-state index in [1.165, 1.54) is 0 Å². The minimum atomic E-state index is -5.08. The summed E-state index contributed by atoms with van der Waals surface area (Å²) in [6.07, 6.45) is -1.24. The molecule has 1 atom stereocenters. The summed E-state index contributed by atoms with van der Waals surface area (Å²) in [6, 6.07) is 0. The number of hydrogen-bond acceptors (Lipinski definition) is 6. The van der Waals surface area contributed by atoms with Crippen molar-refractivity contribution in [2.75, 3.05) is 38.7 Å². The van der Waals surface area contributed by atoms with Crippen LogP contribution in [0, 0.1) is 5.92 Å². The summed E-state index contributed by atoms with van der Waals surface area (Å²) in [4.78, 5) is 13.3. The quantitative estimate of drug-likeness (QED) is 0.673. The van der Waals surface area contributed by atoms with Gasteiger partial charge in [-0.25, -0.2) is 18.2 Å². The number of alkyl halides is 3. The van der Waals surface area contributed by atoms with Crippen LogP contribution in [0.1, 0.15) is 37.1 Å². The maximum atomic E-state index is 12.3. The molecule has 178 valence electrons. The standard InChI is InChI=1S/C16H27N3O4S.C2HF3O2/c1-3-24(20,21)19-8-14(16-15(9-19)17-12-18(16)2)11-23-10-13-4-6-22-7-5-13;3-2(4,5)1(6)7/h12-14H,3-11H2,1-2H3;(H,6,7). The number of rotatable bonds is 6. The lowest BCUT2D eigenvalue weighted by Gasteiger charge is -2.32. The second-order valence-electron chi connectivity index (χ2n) is 7.47. The Labute approximate surface area is 179 Å². The van der Waals surface area contributed by atoms with Crippen LogP contribution in [0.25, 0.3) is 0 Å². The van der Waals surface area contributed by atoms with Crippen molar-refractivity contribution in [3.63, 3.8) is 0 Å². The van der Waals surface area contributed by atoms with Gasteiger partial charge in [0.25, 0.3) is 0 Å². The third-order valence-corrected chi connectivity index (χ3v) is 7.01. The number of aromatic nitrogens is 2. The summed E-state index contributed by atoms with van der Waals surface area (Å²) in [5.41, 5.74) is 1.95. The summed E-state index contributed by atoms with van der Waals surface area (Å²) in [7, 11) is -1.26. The fraction of sp³-hybridized carbons (Fsp3) is 0.778. The van der Waals surface area contributed by atoms with Crippen molar-refractivity contribution in [2.45, 2.75) is 38.4 Å². The molecular formula is C18H28F3N3O6S. The van der Waals surface area contributed by atoms with Crippen LogP contribution >= 0.6 is 0 Å². The Bertz CT molecular complexity index is 837. The number of ether oxygens (including phenoxy) is 2. The average molecular weight is 471 g/mol. The van der Waals surface area contributed by atoms with E-state index in [-0.39, 0.29) is 11.7 Å². The average Bonchev–Trinajstić information content (AvgIpc) is 3.09. The Morgan fingerprint density at radius 3 is 2.48 bits per heavy atom. The van der Waals surface area contributed by atoms with Crippen LogP contribution in [0.4, 0.5) is 13.2 Å². The van der Waals surface area contributed by atoms with Gasteiger partial charge in [-0.2, -0.15) is 17.5 Å². The lowest BCUT2D eigenvalue weighted by Crippen LogP contribution is -2.41. The van der Waals surface area contributed by atoms with Crippen LogP contribution in [0.2, 0.25) is 0 Å². The van der Waals surface area contributed by atoms with Crippen LogP contribution in [-0.2, 0) is 37.9 Å². The van der Waals surface area contributed by atoms with Gasteiger partial charge in [-0.3, -0.25) is 0 Å². The van der Waals surface area contributed by atoms with Crippen LogP contribution in [-0.4, -0.2) is 78.3 Å². The Hall–Kier alpha value is -1.70. The number of carboxylic acids is 1. The van der Waals surface area contributed by atoms with E-state index >= 15 is 0 Å². The first-order chi connectivity index (χ1) is 14.5. The van der Waals surface area contributed by atoms with Crippen molar-refractivity contribution in [3.05, 3.63) is 17.7 Å². The van der Waals surface area contributed by atoms with E-state index in [0.717, 1.165) is 37.4 Å². The van der Waals surface area contributed by atoms with Gasteiger partial charge in [0.05, 0.1) is 30.9 Å². The molecule has 13 heteroatoms. The van der Waals surface area contributed by atoms with Crippen molar-refractivity contribution in [1.82, 2.24) is 13.9 Å². The highest BCUT2D eigenvalue weighted by Gasteiger charge is 2.38. The molecule has 3 rings (SSSR count). The number of hydrogen-bond donors (Lipinski definition) is 1. The predicted molar refractivity (Wildman–Crippen MR) is 104 cm³/mol. The van der Waals surface area contributed by atoms with Gasteiger partial charge in [0.15, 0.2) is 0 Å². The molecular weight excluding hydrogens is 443 g/mol. The fourth-order valence-electron chi connectivity index (χ4n) is 3.51. The fourth-order valence-corrected chi connectivity index (χ4v) is 4.60. The molecule has 1 unspecified atom stereocenters. The van der Waals surface area contributed by atoms with E-state index in [0.29, 0.717) is 32.2 Å². The van der Waals surface area contributed by atoms with Gasteiger partial charge in [0.2, 0.25) is 10.0 Å². The van der Waals surface area contributed by atoms with Gasteiger partial charge in [0.1, 0.15) is 0 Å². The zero-order chi connectivity index (χ0) is 23.2. The molecule has 0 aliphatic carbocycles. The number of nitrogens with zero attached hydrogens (tertiary/aromatic N) is 3. The van der Waals surface area contributed by atoms with E-state index in [1.54, 1.807) is 17.6 Å². The first kappa shape index (κ1) is 25.6. The lowest BCUT2D eigenvalue weighted by molar-refractivity contribution is -0.192. The van der Waals surface area contributed by atoms with E-state index in [1.807, 2.05) is 11.6 Å². The van der Waals surface area contributed by atoms with Gasteiger partial charge in [0, 0.05) is 45.0 Å². The highest BCUT2D eigenvalue weighted by atomic mass is 32.2. The first-order valence-electron chi connectivity index (χ1n) is 9.89. The molecule has 2 aliphatic heterocycles. The van der Waals surface area contributed by atoms with E-state index < -0.39 is 22.2 Å². The Kier molecular flexibility index (Phi) is 8.86. The third-order valence-electron chi connectivity index (χ3n) is 5.21. The van der Waals surface area contributed by atoms with Gasteiger partial charge in [-0.1, -0.05) is 0 Å². The van der Waals surface area contributed by atoms with Crippen LogP contribution in [0.3, 0.4) is 0 Å². The van der Waals surface area contributed by atoms with Gasteiger partial charge < -0.3 is 19.1 Å². The molecule has 1 N–H and O–H groups in total. The van der Waals surface area contributed by atoms with E-state index in [4.69, 9.17) is 19.4 Å². The number of fused-ring (bicyclic) bond motifs is 1. The van der Waals surface area contributed by atoms with Crippen molar-refractivity contribution < 1.29 is 41.0 Å². The molecule has 0 radical (unpaired) electrons. The molecule has 1 fully saturated rings. The molecule has 1 aromatic heterocycles. The summed E-state index contributed by atoms with van der Waals surface area (Å²) >= 11 is 0. The Morgan fingerprint density at radius 1 is 1.32 bits per heavy atom. The largest absolute Gasteiger partial charge is 0.490 e. The van der Waals surface area contributed by atoms with Crippen molar-refractivity contribution in [1.29, 1.82) is 0 Å². The number of sulfonamides is 1. The molecule has 31 heavy (non-hydrogen) atoms. The highest BCUT2D eigenvalue weighted by molar-refractivity contribution is 7.89. The summed E-state index contributed by atoms with van der Waals surface area (Å²) in [5, 5.41) is 7.12. The maximum absolute atomic E-state index is 12.3. The maximum Gasteiger partial charge on any atom is 0.490 e. The van der Waals surface area contributed by atoms with Gasteiger partial charge in [-0.15, -0.1) is 0 Å². The van der Waals surface area contributed by atoms with Gasteiger partial charge in [-0.05, 0) is 25.7 Å². The summed E-state index contributed by atoms with van der Waals surface area (Å²) in [5.74, 6) is -2.07. The minimum absolute atomic E-state index is 0.0300. The zero-order valence-electron chi connectivity index (χ0n) is 17.5. The molecule has 0 bridgehead atoms. The number of halogens is 3. The zero-order valence-corrected chi connectivity index (χ0v) is 18.3. The number of carboxylic acid groups (broad SMARTS) is 1. The Balaban J connectivity index is 0.000000423. The van der Waals surface area contributed by atoms with Crippen molar-refractivity contribution in [3.8, 4) is 0 Å². The topological polar surface area (TPSA) is 111 Å². The molecule has 1 aromatic rings. The normalized spacial score (nSPS) is 20.6. The van der Waals surface area contributed by atoms with E-state index in [2.05, 4.69) is 4.98 Å². The van der Waals surface area contributed by atoms with Crippen LogP contribution in [0.15, 0.2) is 6.33 Å². The Morgan fingerprint density at radius 2 is 1.94 bits per heavy atom. The van der Waals surface area contributed by atoms with Crippen molar-refractivity contribution in [2.24, 2.45) is 13.0 Å². The third kappa shape index (κ3) is 7.16. The number of aryl methyl sites for hydroxylation is 1. The van der Waals surface area contributed by atoms with E-state index in [9.17, 15) is 21.6 Å². The first-order valence-corrected chi connectivity index (χ1v) is 11.5. The van der Waals surface area contributed by atoms with Crippen LogP contribution < -0.4 is 0 Å². The number of imidazole rings is 1. The number of carbonyl (C=O) groups is 1. The molecule has 3 heterocycles. The predicted octanol–water partition coefficient (Wildman–Crippen LogP) is 1.75. The van der Waals surface area contributed by atoms with Crippen LogP contribution in [0.5, 0.6) is 0 Å².